The van der Waals surface area contributed by atoms with Gasteiger partial charge in [0.2, 0.25) is 10.0 Å². The molecule has 0 aliphatic carbocycles. The van der Waals surface area contributed by atoms with E-state index in [9.17, 15) is 8.42 Å². The van der Waals surface area contributed by atoms with E-state index < -0.39 is 10.0 Å². The lowest BCUT2D eigenvalue weighted by Gasteiger charge is -2.13. The van der Waals surface area contributed by atoms with Gasteiger partial charge in [0.15, 0.2) is 0 Å². The Morgan fingerprint density at radius 3 is 2.52 bits per heavy atom. The van der Waals surface area contributed by atoms with Gasteiger partial charge in [-0.05, 0) is 55.9 Å². The molecule has 5 nitrogen and oxygen atoms in total. The van der Waals surface area contributed by atoms with E-state index >= 15 is 0 Å². The first-order valence-corrected chi connectivity index (χ1v) is 8.69. The third kappa shape index (κ3) is 5.39. The standard InChI is InChI=1S/C15H26N2O3S/c1-12-9-14(11-16)10-15(13(12)2)21(18,19)17-7-5-4-6-8-20-3/h9-10,17H,4-8,11,16H2,1-3H3. The molecule has 0 atom stereocenters. The second-order valence-corrected chi connectivity index (χ2v) is 6.93. The van der Waals surface area contributed by atoms with Crippen molar-refractivity contribution in [2.75, 3.05) is 20.3 Å². The molecule has 3 N–H and O–H groups in total. The molecule has 1 aromatic carbocycles. The second kappa shape index (κ2) is 8.48. The minimum atomic E-state index is -3.48. The van der Waals surface area contributed by atoms with Gasteiger partial charge in [-0.3, -0.25) is 0 Å². The zero-order valence-corrected chi connectivity index (χ0v) is 13.9. The molecule has 1 rings (SSSR count). The molecule has 0 fully saturated rings. The molecule has 0 aliphatic heterocycles. The normalized spacial score (nSPS) is 11.8. The molecule has 21 heavy (non-hydrogen) atoms. The van der Waals surface area contributed by atoms with Crippen LogP contribution in [0.2, 0.25) is 0 Å². The van der Waals surface area contributed by atoms with Gasteiger partial charge in [-0.15, -0.1) is 0 Å². The third-order valence-electron chi connectivity index (χ3n) is 3.52. The average Bonchev–Trinajstić information content (AvgIpc) is 2.45. The van der Waals surface area contributed by atoms with Gasteiger partial charge < -0.3 is 10.5 Å². The predicted octanol–water partition coefficient (Wildman–Crippen LogP) is 1.86. The molecule has 6 heteroatoms. The first kappa shape index (κ1) is 18.1. The van der Waals surface area contributed by atoms with Gasteiger partial charge in [0.05, 0.1) is 4.90 Å². The number of aryl methyl sites for hydroxylation is 1. The molecule has 120 valence electrons. The number of nitrogens with two attached hydrogens (primary N) is 1. The molecule has 0 heterocycles. The molecular formula is C15H26N2O3S. The number of ether oxygens (including phenoxy) is 1. The van der Waals surface area contributed by atoms with Crippen LogP contribution in [-0.2, 0) is 21.3 Å². The average molecular weight is 314 g/mol. The number of nitrogens with one attached hydrogen (secondary N) is 1. The first-order valence-electron chi connectivity index (χ1n) is 7.21. The summed E-state index contributed by atoms with van der Waals surface area (Å²) in [5, 5.41) is 0. The number of hydrogen-bond acceptors (Lipinski definition) is 4. The summed E-state index contributed by atoms with van der Waals surface area (Å²) in [6.07, 6.45) is 2.69. The van der Waals surface area contributed by atoms with Crippen molar-refractivity contribution in [3.8, 4) is 0 Å². The van der Waals surface area contributed by atoms with E-state index in [-0.39, 0.29) is 0 Å². The van der Waals surface area contributed by atoms with E-state index in [1.54, 1.807) is 13.2 Å². The van der Waals surface area contributed by atoms with Gasteiger partial charge >= 0.3 is 0 Å². The van der Waals surface area contributed by atoms with Crippen molar-refractivity contribution >= 4 is 10.0 Å². The number of sulfonamides is 1. The van der Waals surface area contributed by atoms with E-state index in [0.29, 0.717) is 24.6 Å². The van der Waals surface area contributed by atoms with E-state index in [1.807, 2.05) is 19.9 Å². The second-order valence-electron chi connectivity index (χ2n) is 5.19. The van der Waals surface area contributed by atoms with Crippen molar-refractivity contribution in [1.29, 1.82) is 0 Å². The van der Waals surface area contributed by atoms with Crippen LogP contribution < -0.4 is 10.5 Å². The summed E-state index contributed by atoms with van der Waals surface area (Å²) in [7, 11) is -1.81. The number of rotatable bonds is 9. The quantitative estimate of drug-likeness (QED) is 0.682. The van der Waals surface area contributed by atoms with Crippen molar-refractivity contribution in [3.05, 3.63) is 28.8 Å². The van der Waals surface area contributed by atoms with Gasteiger partial charge in [0, 0.05) is 26.8 Å². The molecule has 0 radical (unpaired) electrons. The minimum Gasteiger partial charge on any atom is -0.385 e. The molecular weight excluding hydrogens is 288 g/mol. The summed E-state index contributed by atoms with van der Waals surface area (Å²) < 4.78 is 32.4. The molecule has 0 amide bonds. The molecule has 0 bridgehead atoms. The predicted molar refractivity (Wildman–Crippen MR) is 84.7 cm³/mol. The summed E-state index contributed by atoms with van der Waals surface area (Å²) in [6, 6.07) is 3.59. The monoisotopic (exact) mass is 314 g/mol. The summed E-state index contributed by atoms with van der Waals surface area (Å²) in [5.74, 6) is 0. The lowest BCUT2D eigenvalue weighted by Crippen LogP contribution is -2.26. The fourth-order valence-corrected chi connectivity index (χ4v) is 3.57. The Morgan fingerprint density at radius 1 is 1.19 bits per heavy atom. The van der Waals surface area contributed by atoms with Crippen LogP contribution in [0.5, 0.6) is 0 Å². The maximum absolute atomic E-state index is 12.4. The third-order valence-corrected chi connectivity index (χ3v) is 5.11. The van der Waals surface area contributed by atoms with Gasteiger partial charge in [0.25, 0.3) is 0 Å². The smallest absolute Gasteiger partial charge is 0.240 e. The van der Waals surface area contributed by atoms with Gasteiger partial charge in [-0.1, -0.05) is 6.07 Å². The van der Waals surface area contributed by atoms with Gasteiger partial charge in [0.1, 0.15) is 0 Å². The summed E-state index contributed by atoms with van der Waals surface area (Å²) >= 11 is 0. The van der Waals surface area contributed by atoms with Crippen LogP contribution in [0.4, 0.5) is 0 Å². The highest BCUT2D eigenvalue weighted by molar-refractivity contribution is 7.89. The minimum absolute atomic E-state index is 0.333. The fourth-order valence-electron chi connectivity index (χ4n) is 2.13. The zero-order chi connectivity index (χ0) is 15.9. The molecule has 0 aliphatic rings. The van der Waals surface area contributed by atoms with E-state index in [1.165, 1.54) is 0 Å². The molecule has 0 spiro atoms. The topological polar surface area (TPSA) is 81.4 Å². The van der Waals surface area contributed by atoms with Crippen LogP contribution in [0, 0.1) is 13.8 Å². The van der Waals surface area contributed by atoms with Crippen LogP contribution in [0.25, 0.3) is 0 Å². The maximum Gasteiger partial charge on any atom is 0.240 e. The number of benzene rings is 1. The first-order chi connectivity index (χ1) is 9.92. The SMILES string of the molecule is COCCCCCNS(=O)(=O)c1cc(CN)cc(C)c1C. The van der Waals surface area contributed by atoms with E-state index in [0.717, 1.165) is 36.0 Å². The van der Waals surface area contributed by atoms with Crippen molar-refractivity contribution in [2.24, 2.45) is 5.73 Å². The Bertz CT molecular complexity index is 556. The lowest BCUT2D eigenvalue weighted by molar-refractivity contribution is 0.192. The van der Waals surface area contributed by atoms with Crippen molar-refractivity contribution in [2.45, 2.75) is 44.6 Å². The highest BCUT2D eigenvalue weighted by Crippen LogP contribution is 2.21. The number of hydrogen-bond donors (Lipinski definition) is 2. The van der Waals surface area contributed by atoms with Crippen LogP contribution in [0.15, 0.2) is 17.0 Å². The summed E-state index contributed by atoms with van der Waals surface area (Å²) in [5.41, 5.74) is 8.17. The Balaban J connectivity index is 2.72. The lowest BCUT2D eigenvalue weighted by atomic mass is 10.1. The Labute approximate surface area is 127 Å². The largest absolute Gasteiger partial charge is 0.385 e. The maximum atomic E-state index is 12.4. The molecule has 0 unspecified atom stereocenters. The molecule has 1 aromatic rings. The van der Waals surface area contributed by atoms with Gasteiger partial charge in [-0.2, -0.15) is 0 Å². The molecule has 0 aromatic heterocycles. The Hall–Kier alpha value is -0.950. The highest BCUT2D eigenvalue weighted by Gasteiger charge is 2.18. The Morgan fingerprint density at radius 2 is 1.90 bits per heavy atom. The van der Waals surface area contributed by atoms with Crippen molar-refractivity contribution in [1.82, 2.24) is 4.72 Å². The van der Waals surface area contributed by atoms with Crippen molar-refractivity contribution in [3.63, 3.8) is 0 Å². The van der Waals surface area contributed by atoms with E-state index in [4.69, 9.17) is 10.5 Å². The molecule has 0 saturated carbocycles. The van der Waals surface area contributed by atoms with Gasteiger partial charge in [-0.25, -0.2) is 13.1 Å². The fraction of sp³-hybridized carbons (Fsp3) is 0.600. The number of methoxy groups -OCH3 is 1. The number of unbranched alkanes of at least 4 members (excludes halogenated alkanes) is 2. The Kier molecular flexibility index (Phi) is 7.31. The van der Waals surface area contributed by atoms with Crippen molar-refractivity contribution < 1.29 is 13.2 Å². The van der Waals surface area contributed by atoms with Crippen LogP contribution >= 0.6 is 0 Å². The highest BCUT2D eigenvalue weighted by atomic mass is 32.2. The van der Waals surface area contributed by atoms with E-state index in [2.05, 4.69) is 4.72 Å². The van der Waals surface area contributed by atoms with Crippen LogP contribution in [0.3, 0.4) is 0 Å². The van der Waals surface area contributed by atoms with Crippen LogP contribution in [0.1, 0.15) is 36.0 Å². The molecule has 0 saturated heterocycles. The zero-order valence-electron chi connectivity index (χ0n) is 13.1. The van der Waals surface area contributed by atoms with Crippen LogP contribution in [-0.4, -0.2) is 28.7 Å². The summed E-state index contributed by atoms with van der Waals surface area (Å²) in [4.78, 5) is 0.333. The summed E-state index contributed by atoms with van der Waals surface area (Å²) in [6.45, 7) is 5.21.